The van der Waals surface area contributed by atoms with Gasteiger partial charge in [-0.3, -0.25) is 0 Å². The Bertz CT molecular complexity index is 755. The first kappa shape index (κ1) is 20.7. The Labute approximate surface area is 156 Å². The third-order valence-corrected chi connectivity index (χ3v) is 3.65. The van der Waals surface area contributed by atoms with Gasteiger partial charge in [0.05, 0.1) is 12.1 Å². The average Bonchev–Trinajstić information content (AvgIpc) is 3.08. The van der Waals surface area contributed by atoms with Gasteiger partial charge >= 0.3 is 6.18 Å². The summed E-state index contributed by atoms with van der Waals surface area (Å²) >= 11 is 0. The van der Waals surface area contributed by atoms with Gasteiger partial charge in [-0.2, -0.15) is 18.2 Å². The minimum Gasteiger partial charge on any atom is -0.357 e. The van der Waals surface area contributed by atoms with E-state index >= 15 is 0 Å². The molecule has 0 unspecified atom stereocenters. The van der Waals surface area contributed by atoms with Crippen molar-refractivity contribution in [2.45, 2.75) is 45.8 Å². The molecule has 1 aromatic carbocycles. The SMILES string of the molecule is CCNC(=NCc1cccc(C(F)(F)F)c1)NCCc1nc(C(C)C)no1. The van der Waals surface area contributed by atoms with E-state index in [0.717, 1.165) is 12.1 Å². The maximum absolute atomic E-state index is 12.8. The van der Waals surface area contributed by atoms with Crippen molar-refractivity contribution in [3.8, 4) is 0 Å². The molecular formula is C18H24F3N5O. The normalized spacial score (nSPS) is 12.5. The van der Waals surface area contributed by atoms with Crippen LogP contribution in [0.4, 0.5) is 13.2 Å². The molecule has 1 heterocycles. The van der Waals surface area contributed by atoms with Gasteiger partial charge in [-0.15, -0.1) is 0 Å². The minimum atomic E-state index is -4.36. The smallest absolute Gasteiger partial charge is 0.357 e. The predicted octanol–water partition coefficient (Wildman–Crippen LogP) is 3.51. The molecule has 1 aromatic heterocycles. The number of aromatic nitrogens is 2. The number of aliphatic imine (C=N–C) groups is 1. The first-order valence-corrected chi connectivity index (χ1v) is 8.80. The highest BCUT2D eigenvalue weighted by atomic mass is 19.4. The van der Waals surface area contributed by atoms with Crippen molar-refractivity contribution in [2.24, 2.45) is 4.99 Å². The van der Waals surface area contributed by atoms with Crippen molar-refractivity contribution < 1.29 is 17.7 Å². The van der Waals surface area contributed by atoms with Gasteiger partial charge in [0.15, 0.2) is 11.8 Å². The fourth-order valence-electron chi connectivity index (χ4n) is 2.25. The topological polar surface area (TPSA) is 75.3 Å². The van der Waals surface area contributed by atoms with Gasteiger partial charge in [-0.25, -0.2) is 4.99 Å². The molecule has 6 nitrogen and oxygen atoms in total. The molecule has 0 radical (unpaired) electrons. The zero-order chi connectivity index (χ0) is 19.9. The molecule has 0 saturated heterocycles. The van der Waals surface area contributed by atoms with Crippen LogP contribution in [0.1, 0.15) is 49.5 Å². The van der Waals surface area contributed by atoms with Crippen LogP contribution >= 0.6 is 0 Å². The largest absolute Gasteiger partial charge is 0.416 e. The van der Waals surface area contributed by atoms with Crippen LogP contribution in [-0.4, -0.2) is 29.2 Å². The second-order valence-electron chi connectivity index (χ2n) is 6.27. The summed E-state index contributed by atoms with van der Waals surface area (Å²) in [5.41, 5.74) is -0.189. The summed E-state index contributed by atoms with van der Waals surface area (Å²) in [5.74, 6) is 1.90. The molecule has 0 amide bonds. The van der Waals surface area contributed by atoms with Crippen LogP contribution in [0.2, 0.25) is 0 Å². The van der Waals surface area contributed by atoms with Gasteiger partial charge < -0.3 is 15.2 Å². The summed E-state index contributed by atoms with van der Waals surface area (Å²) in [7, 11) is 0. The van der Waals surface area contributed by atoms with Crippen molar-refractivity contribution in [1.29, 1.82) is 0 Å². The van der Waals surface area contributed by atoms with Crippen molar-refractivity contribution in [3.63, 3.8) is 0 Å². The first-order chi connectivity index (χ1) is 12.8. The predicted molar refractivity (Wildman–Crippen MR) is 96.4 cm³/mol. The summed E-state index contributed by atoms with van der Waals surface area (Å²) < 4.78 is 43.5. The van der Waals surface area contributed by atoms with Crippen molar-refractivity contribution >= 4 is 5.96 Å². The summed E-state index contributed by atoms with van der Waals surface area (Å²) in [5, 5.41) is 10.1. The quantitative estimate of drug-likeness (QED) is 0.565. The number of halogens is 3. The molecule has 0 bridgehead atoms. The molecule has 0 atom stereocenters. The number of nitrogens with zero attached hydrogens (tertiary/aromatic N) is 3. The van der Waals surface area contributed by atoms with Crippen LogP contribution < -0.4 is 10.6 Å². The monoisotopic (exact) mass is 383 g/mol. The lowest BCUT2D eigenvalue weighted by Gasteiger charge is -2.11. The Kier molecular flexibility index (Phi) is 7.20. The molecule has 0 aliphatic rings. The fourth-order valence-corrected chi connectivity index (χ4v) is 2.25. The number of hydrogen-bond donors (Lipinski definition) is 2. The first-order valence-electron chi connectivity index (χ1n) is 8.80. The highest BCUT2D eigenvalue weighted by Crippen LogP contribution is 2.29. The maximum atomic E-state index is 12.8. The van der Waals surface area contributed by atoms with Gasteiger partial charge in [0, 0.05) is 25.4 Å². The number of benzene rings is 1. The lowest BCUT2D eigenvalue weighted by atomic mass is 10.1. The Morgan fingerprint density at radius 1 is 1.26 bits per heavy atom. The van der Waals surface area contributed by atoms with E-state index < -0.39 is 11.7 Å². The summed E-state index contributed by atoms with van der Waals surface area (Å²) in [4.78, 5) is 8.63. The number of alkyl halides is 3. The van der Waals surface area contributed by atoms with Crippen molar-refractivity contribution in [1.82, 2.24) is 20.8 Å². The molecular weight excluding hydrogens is 359 g/mol. The van der Waals surface area contributed by atoms with Crippen LogP contribution in [0, 0.1) is 0 Å². The molecule has 27 heavy (non-hydrogen) atoms. The number of guanidine groups is 1. The van der Waals surface area contributed by atoms with Crippen LogP contribution in [0.25, 0.3) is 0 Å². The molecule has 0 saturated carbocycles. The Balaban J connectivity index is 1.93. The van der Waals surface area contributed by atoms with E-state index in [1.807, 2.05) is 20.8 Å². The van der Waals surface area contributed by atoms with E-state index in [2.05, 4.69) is 25.8 Å². The van der Waals surface area contributed by atoms with Crippen molar-refractivity contribution in [3.05, 3.63) is 47.1 Å². The van der Waals surface area contributed by atoms with E-state index in [0.29, 0.717) is 42.7 Å². The van der Waals surface area contributed by atoms with Crippen LogP contribution in [0.15, 0.2) is 33.8 Å². The minimum absolute atomic E-state index is 0.136. The van der Waals surface area contributed by atoms with Crippen LogP contribution in [0.5, 0.6) is 0 Å². The molecule has 2 aromatic rings. The molecule has 2 N–H and O–H groups in total. The molecule has 148 valence electrons. The van der Waals surface area contributed by atoms with E-state index in [9.17, 15) is 13.2 Å². The highest BCUT2D eigenvalue weighted by Gasteiger charge is 2.30. The second kappa shape index (κ2) is 9.38. The third-order valence-electron chi connectivity index (χ3n) is 3.65. The second-order valence-corrected chi connectivity index (χ2v) is 6.27. The van der Waals surface area contributed by atoms with Crippen LogP contribution in [0.3, 0.4) is 0 Å². The molecule has 9 heteroatoms. The van der Waals surface area contributed by atoms with E-state index in [1.165, 1.54) is 6.07 Å². The average molecular weight is 383 g/mol. The van der Waals surface area contributed by atoms with E-state index in [-0.39, 0.29) is 12.5 Å². The Morgan fingerprint density at radius 2 is 2.04 bits per heavy atom. The molecule has 0 fully saturated rings. The third kappa shape index (κ3) is 6.58. The van der Waals surface area contributed by atoms with Crippen molar-refractivity contribution in [2.75, 3.05) is 13.1 Å². The number of nitrogens with one attached hydrogen (secondary N) is 2. The standard InChI is InChI=1S/C18H24F3N5O/c1-4-22-17(23-9-8-15-25-16(12(2)3)26-27-15)24-11-13-6-5-7-14(10-13)18(19,20)21/h5-7,10,12H,4,8-9,11H2,1-3H3,(H2,22,23,24). The lowest BCUT2D eigenvalue weighted by molar-refractivity contribution is -0.137. The summed E-state index contributed by atoms with van der Waals surface area (Å²) in [6.07, 6.45) is -3.84. The van der Waals surface area contributed by atoms with Crippen LogP contribution in [-0.2, 0) is 19.1 Å². The zero-order valence-electron chi connectivity index (χ0n) is 15.6. The fraction of sp³-hybridized carbons (Fsp3) is 0.500. The van der Waals surface area contributed by atoms with Gasteiger partial charge in [-0.1, -0.05) is 31.1 Å². The molecule has 0 aliphatic heterocycles. The summed E-state index contributed by atoms with van der Waals surface area (Å²) in [6.45, 7) is 7.15. The number of hydrogen-bond acceptors (Lipinski definition) is 4. The number of rotatable bonds is 7. The molecule has 0 aliphatic carbocycles. The maximum Gasteiger partial charge on any atom is 0.416 e. The zero-order valence-corrected chi connectivity index (χ0v) is 15.6. The molecule has 2 rings (SSSR count). The van der Waals surface area contributed by atoms with Gasteiger partial charge in [0.2, 0.25) is 5.89 Å². The molecule has 0 spiro atoms. The van der Waals surface area contributed by atoms with E-state index in [1.54, 1.807) is 6.07 Å². The Morgan fingerprint density at radius 3 is 2.67 bits per heavy atom. The van der Waals surface area contributed by atoms with Gasteiger partial charge in [-0.05, 0) is 24.6 Å². The lowest BCUT2D eigenvalue weighted by Crippen LogP contribution is -2.38. The van der Waals surface area contributed by atoms with Gasteiger partial charge in [0.1, 0.15) is 0 Å². The van der Waals surface area contributed by atoms with E-state index in [4.69, 9.17) is 4.52 Å². The highest BCUT2D eigenvalue weighted by molar-refractivity contribution is 5.79. The summed E-state index contributed by atoms with van der Waals surface area (Å²) in [6, 6.07) is 5.16. The Hall–Kier alpha value is -2.58. The van der Waals surface area contributed by atoms with Gasteiger partial charge in [0.25, 0.3) is 0 Å².